The Balaban J connectivity index is 0.00000192. The van der Waals surface area contributed by atoms with Gasteiger partial charge in [0.2, 0.25) is 0 Å². The summed E-state index contributed by atoms with van der Waals surface area (Å²) in [5, 5.41) is 6.63. The van der Waals surface area contributed by atoms with Crippen molar-refractivity contribution in [3.05, 3.63) is 30.1 Å². The third kappa shape index (κ3) is 5.35. The fourth-order valence-electron chi connectivity index (χ4n) is 2.87. The van der Waals surface area contributed by atoms with Crippen LogP contribution < -0.4 is 15.5 Å². The van der Waals surface area contributed by atoms with E-state index in [1.54, 1.807) is 0 Å². The minimum atomic E-state index is -0.173. The Morgan fingerprint density at radius 1 is 1.13 bits per heavy atom. The van der Waals surface area contributed by atoms with Gasteiger partial charge in [-0.25, -0.2) is 4.39 Å². The first kappa shape index (κ1) is 18.0. The van der Waals surface area contributed by atoms with Crippen molar-refractivity contribution in [3.8, 4) is 0 Å². The van der Waals surface area contributed by atoms with Crippen molar-refractivity contribution in [2.45, 2.75) is 6.42 Å². The van der Waals surface area contributed by atoms with Crippen LogP contribution in [0.1, 0.15) is 6.42 Å². The van der Waals surface area contributed by atoms with Gasteiger partial charge in [0.25, 0.3) is 0 Å². The minimum Gasteiger partial charge on any atom is -0.369 e. The number of piperazine rings is 1. The first-order valence-corrected chi connectivity index (χ1v) is 8.06. The van der Waals surface area contributed by atoms with Crippen molar-refractivity contribution < 1.29 is 4.39 Å². The molecule has 0 unspecified atom stereocenters. The van der Waals surface area contributed by atoms with Gasteiger partial charge in [-0.15, -0.1) is 17.0 Å². The van der Waals surface area contributed by atoms with E-state index in [2.05, 4.69) is 25.4 Å². The van der Waals surface area contributed by atoms with Gasteiger partial charge in [0.05, 0.1) is 0 Å². The molecule has 2 aliphatic rings. The highest BCUT2D eigenvalue weighted by molar-refractivity contribution is 8.93. The lowest BCUT2D eigenvalue weighted by atomic mass is 10.2. The van der Waals surface area contributed by atoms with E-state index in [0.717, 1.165) is 70.4 Å². The van der Waals surface area contributed by atoms with Crippen molar-refractivity contribution >= 4 is 28.6 Å². The highest BCUT2D eigenvalue weighted by Gasteiger charge is 2.17. The molecule has 1 aromatic carbocycles. The average molecular weight is 386 g/mol. The van der Waals surface area contributed by atoms with Crippen LogP contribution in [-0.2, 0) is 0 Å². The van der Waals surface area contributed by atoms with Crippen LogP contribution in [0.25, 0.3) is 0 Å². The highest BCUT2D eigenvalue weighted by Crippen LogP contribution is 2.16. The highest BCUT2D eigenvalue weighted by atomic mass is 79.9. The fourth-order valence-corrected chi connectivity index (χ4v) is 2.87. The summed E-state index contributed by atoms with van der Waals surface area (Å²) in [5.41, 5.74) is 1.11. The first-order chi connectivity index (χ1) is 10.8. The summed E-state index contributed by atoms with van der Waals surface area (Å²) in [4.78, 5) is 9.18. The third-order valence-electron chi connectivity index (χ3n) is 4.18. The summed E-state index contributed by atoms with van der Waals surface area (Å²) in [5.74, 6) is 0.767. The Hall–Kier alpha value is -1.34. The first-order valence-electron chi connectivity index (χ1n) is 8.06. The molecule has 0 bridgehead atoms. The summed E-state index contributed by atoms with van der Waals surface area (Å²) < 4.78 is 13.0. The number of hydrogen-bond acceptors (Lipinski definition) is 5. The lowest BCUT2D eigenvalue weighted by molar-refractivity contribution is 0.261. The minimum absolute atomic E-state index is 0. The van der Waals surface area contributed by atoms with E-state index >= 15 is 0 Å². The molecule has 128 valence electrons. The summed E-state index contributed by atoms with van der Waals surface area (Å²) in [6, 6.07) is 6.78. The third-order valence-corrected chi connectivity index (χ3v) is 4.18. The van der Waals surface area contributed by atoms with Gasteiger partial charge >= 0.3 is 0 Å². The van der Waals surface area contributed by atoms with Gasteiger partial charge < -0.3 is 15.5 Å². The average Bonchev–Trinajstić information content (AvgIpc) is 2.57. The van der Waals surface area contributed by atoms with Gasteiger partial charge in [-0.1, -0.05) is 0 Å². The molecule has 1 saturated heterocycles. The molecule has 1 fully saturated rings. The summed E-state index contributed by atoms with van der Waals surface area (Å²) >= 11 is 0. The smallest absolute Gasteiger partial charge is 0.191 e. The molecule has 3 rings (SSSR count). The number of benzene rings is 1. The van der Waals surface area contributed by atoms with Crippen LogP contribution in [0.15, 0.2) is 29.3 Å². The lowest BCUT2D eigenvalue weighted by Crippen LogP contribution is -2.49. The van der Waals surface area contributed by atoms with Gasteiger partial charge in [-0.3, -0.25) is 9.89 Å². The molecule has 0 radical (unpaired) electrons. The van der Waals surface area contributed by atoms with E-state index in [1.165, 1.54) is 12.1 Å². The van der Waals surface area contributed by atoms with Gasteiger partial charge in [0.15, 0.2) is 5.96 Å². The molecule has 2 aliphatic heterocycles. The molecule has 0 atom stereocenters. The molecule has 1 aromatic rings. The van der Waals surface area contributed by atoms with E-state index in [1.807, 2.05) is 12.1 Å². The number of guanidine groups is 1. The molecule has 0 aromatic heterocycles. The predicted octanol–water partition coefficient (Wildman–Crippen LogP) is 1.46. The lowest BCUT2D eigenvalue weighted by Gasteiger charge is -2.36. The Labute approximate surface area is 147 Å². The van der Waals surface area contributed by atoms with Crippen molar-refractivity contribution in [2.24, 2.45) is 4.99 Å². The number of halogens is 2. The second-order valence-corrected chi connectivity index (χ2v) is 5.74. The van der Waals surface area contributed by atoms with Crippen molar-refractivity contribution in [3.63, 3.8) is 0 Å². The number of nitrogens with one attached hydrogen (secondary N) is 2. The summed E-state index contributed by atoms with van der Waals surface area (Å²) in [6.07, 6.45) is 1.12. The number of nitrogens with zero attached hydrogens (tertiary/aromatic N) is 3. The molecule has 7 heteroatoms. The van der Waals surface area contributed by atoms with E-state index in [0.29, 0.717) is 0 Å². The number of rotatable bonds is 4. The molecular formula is C16H25BrFN5. The van der Waals surface area contributed by atoms with E-state index in [4.69, 9.17) is 0 Å². The molecule has 2 N–H and O–H groups in total. The fraction of sp³-hybridized carbons (Fsp3) is 0.562. The largest absolute Gasteiger partial charge is 0.369 e. The zero-order valence-electron chi connectivity index (χ0n) is 13.3. The van der Waals surface area contributed by atoms with Gasteiger partial charge in [0, 0.05) is 58.0 Å². The molecule has 0 amide bonds. The van der Waals surface area contributed by atoms with Crippen LogP contribution in [0.5, 0.6) is 0 Å². The van der Waals surface area contributed by atoms with Crippen molar-refractivity contribution in [1.82, 2.24) is 15.5 Å². The zero-order valence-corrected chi connectivity index (χ0v) is 15.0. The molecule has 0 saturated carbocycles. The van der Waals surface area contributed by atoms with Crippen LogP contribution >= 0.6 is 17.0 Å². The Bertz CT molecular complexity index is 500. The standard InChI is InChI=1S/C16H24FN5.BrH/c17-14-2-4-15(5-3-14)22-12-10-21(11-13-22)9-8-20-16-18-6-1-7-19-16;/h2-5H,1,6-13H2,(H2,18,19,20);1H. The van der Waals surface area contributed by atoms with Crippen LogP contribution in [0.2, 0.25) is 0 Å². The maximum atomic E-state index is 13.0. The van der Waals surface area contributed by atoms with Gasteiger partial charge in [0.1, 0.15) is 5.82 Å². The zero-order chi connectivity index (χ0) is 15.2. The molecule has 23 heavy (non-hydrogen) atoms. The topological polar surface area (TPSA) is 42.9 Å². The second kappa shape index (κ2) is 9.08. The Morgan fingerprint density at radius 3 is 2.52 bits per heavy atom. The molecule has 2 heterocycles. The van der Waals surface area contributed by atoms with Crippen LogP contribution in [-0.4, -0.2) is 63.2 Å². The van der Waals surface area contributed by atoms with Gasteiger partial charge in [-0.05, 0) is 30.7 Å². The second-order valence-electron chi connectivity index (χ2n) is 5.74. The summed E-state index contributed by atoms with van der Waals surface area (Å²) in [7, 11) is 0. The maximum Gasteiger partial charge on any atom is 0.191 e. The van der Waals surface area contributed by atoms with Crippen LogP contribution in [0.4, 0.5) is 10.1 Å². The van der Waals surface area contributed by atoms with Crippen molar-refractivity contribution in [2.75, 3.05) is 57.3 Å². The van der Waals surface area contributed by atoms with E-state index in [-0.39, 0.29) is 22.8 Å². The van der Waals surface area contributed by atoms with E-state index in [9.17, 15) is 4.39 Å². The monoisotopic (exact) mass is 385 g/mol. The molecule has 0 aliphatic carbocycles. The van der Waals surface area contributed by atoms with E-state index < -0.39 is 0 Å². The maximum absolute atomic E-state index is 13.0. The molecule has 0 spiro atoms. The molecule has 5 nitrogen and oxygen atoms in total. The van der Waals surface area contributed by atoms with Crippen LogP contribution in [0, 0.1) is 5.82 Å². The SMILES string of the molecule is Br.Fc1ccc(N2CCN(CCNC3=NCCCN3)CC2)cc1. The molecular weight excluding hydrogens is 361 g/mol. The van der Waals surface area contributed by atoms with Crippen molar-refractivity contribution in [1.29, 1.82) is 0 Å². The number of aliphatic imine (C=N–C) groups is 1. The number of hydrogen-bond donors (Lipinski definition) is 2. The predicted molar refractivity (Wildman–Crippen MR) is 98.3 cm³/mol. The van der Waals surface area contributed by atoms with Gasteiger partial charge in [-0.2, -0.15) is 0 Å². The summed E-state index contributed by atoms with van der Waals surface area (Å²) in [6.45, 7) is 7.95. The Morgan fingerprint density at radius 2 is 1.87 bits per heavy atom. The normalized spacial score (nSPS) is 18.7. The Kier molecular flexibility index (Phi) is 7.11. The number of anilines is 1. The van der Waals surface area contributed by atoms with Crippen LogP contribution in [0.3, 0.4) is 0 Å². The quantitative estimate of drug-likeness (QED) is 0.823.